The summed E-state index contributed by atoms with van der Waals surface area (Å²) in [6.07, 6.45) is 8.90. The summed E-state index contributed by atoms with van der Waals surface area (Å²) in [6, 6.07) is 19.4. The van der Waals surface area contributed by atoms with E-state index in [1.54, 1.807) is 33.7 Å². The van der Waals surface area contributed by atoms with Gasteiger partial charge in [-0.1, -0.05) is 42.5 Å². The normalized spacial score (nSPS) is 11.3. The van der Waals surface area contributed by atoms with E-state index in [9.17, 15) is 4.79 Å². The second-order valence-electron chi connectivity index (χ2n) is 7.51. The Morgan fingerprint density at radius 1 is 0.853 bits per heavy atom. The standard InChI is InChI=1S/C28H26N2O4/c1-32-26-16-20(17-27(33-2)28(26)34-3)12-11-19-7-6-8-21(15-19)29-14-13-25(31)23-18-30-24-10-5-4-9-22(23)24/h4-18,29-30H,1-3H3/b12-11?,14-13-. The summed E-state index contributed by atoms with van der Waals surface area (Å²) < 4.78 is 16.2. The summed E-state index contributed by atoms with van der Waals surface area (Å²) in [6.45, 7) is 0. The van der Waals surface area contributed by atoms with Gasteiger partial charge in [0.2, 0.25) is 5.75 Å². The Morgan fingerprint density at radius 2 is 1.59 bits per heavy atom. The number of aromatic amines is 1. The Labute approximate surface area is 198 Å². The van der Waals surface area contributed by atoms with E-state index in [0.29, 0.717) is 22.8 Å². The van der Waals surface area contributed by atoms with Gasteiger partial charge in [-0.15, -0.1) is 0 Å². The van der Waals surface area contributed by atoms with Gasteiger partial charge in [-0.3, -0.25) is 4.79 Å². The molecule has 0 amide bonds. The van der Waals surface area contributed by atoms with Gasteiger partial charge >= 0.3 is 0 Å². The molecule has 1 heterocycles. The number of para-hydroxylation sites is 1. The topological polar surface area (TPSA) is 72.6 Å². The molecule has 0 spiro atoms. The van der Waals surface area contributed by atoms with E-state index in [0.717, 1.165) is 27.7 Å². The third kappa shape index (κ3) is 4.96. The van der Waals surface area contributed by atoms with Gasteiger partial charge in [-0.25, -0.2) is 0 Å². The van der Waals surface area contributed by atoms with E-state index in [1.807, 2.05) is 72.8 Å². The number of hydrogen-bond acceptors (Lipinski definition) is 5. The Bertz CT molecular complexity index is 1340. The molecule has 0 bridgehead atoms. The number of H-pyrrole nitrogens is 1. The highest BCUT2D eigenvalue weighted by atomic mass is 16.5. The molecule has 0 aliphatic rings. The third-order valence-corrected chi connectivity index (χ3v) is 5.38. The number of allylic oxidation sites excluding steroid dienone is 1. The number of rotatable bonds is 9. The van der Waals surface area contributed by atoms with Crippen LogP contribution in [-0.4, -0.2) is 32.1 Å². The lowest BCUT2D eigenvalue weighted by Gasteiger charge is -2.12. The van der Waals surface area contributed by atoms with E-state index in [2.05, 4.69) is 10.3 Å². The monoisotopic (exact) mass is 454 g/mol. The average Bonchev–Trinajstić information content (AvgIpc) is 3.31. The molecule has 172 valence electrons. The van der Waals surface area contributed by atoms with E-state index < -0.39 is 0 Å². The minimum atomic E-state index is -0.0663. The summed E-state index contributed by atoms with van der Waals surface area (Å²) in [5.41, 5.74) is 4.37. The Kier molecular flexibility index (Phi) is 6.98. The molecular weight excluding hydrogens is 428 g/mol. The SMILES string of the molecule is COc1cc(C=Cc2cccc(N/C=C\C(=O)c3c[nH]c4ccccc34)c2)cc(OC)c1OC. The first-order valence-corrected chi connectivity index (χ1v) is 10.7. The van der Waals surface area contributed by atoms with E-state index in [-0.39, 0.29) is 5.78 Å². The average molecular weight is 455 g/mol. The smallest absolute Gasteiger partial charge is 0.203 e. The van der Waals surface area contributed by atoms with Gasteiger partial charge < -0.3 is 24.5 Å². The molecule has 6 nitrogen and oxygen atoms in total. The van der Waals surface area contributed by atoms with Crippen LogP contribution in [0, 0.1) is 0 Å². The zero-order chi connectivity index (χ0) is 23.9. The number of carbonyl (C=O) groups excluding carboxylic acids is 1. The lowest BCUT2D eigenvalue weighted by molar-refractivity contribution is 0.104. The molecule has 4 aromatic rings. The van der Waals surface area contributed by atoms with Crippen molar-refractivity contribution in [1.29, 1.82) is 0 Å². The number of nitrogens with one attached hydrogen (secondary N) is 2. The van der Waals surface area contributed by atoms with E-state index >= 15 is 0 Å². The number of hydrogen-bond donors (Lipinski definition) is 2. The molecule has 0 unspecified atom stereocenters. The van der Waals surface area contributed by atoms with Crippen molar-refractivity contribution < 1.29 is 19.0 Å². The zero-order valence-corrected chi connectivity index (χ0v) is 19.3. The number of carbonyl (C=O) groups is 1. The van der Waals surface area contributed by atoms with Crippen LogP contribution in [0.5, 0.6) is 17.2 Å². The van der Waals surface area contributed by atoms with Crippen LogP contribution >= 0.6 is 0 Å². The fourth-order valence-corrected chi connectivity index (χ4v) is 3.70. The molecule has 3 aromatic carbocycles. The maximum Gasteiger partial charge on any atom is 0.203 e. The number of aromatic nitrogens is 1. The fourth-order valence-electron chi connectivity index (χ4n) is 3.70. The number of ketones is 1. The van der Waals surface area contributed by atoms with E-state index in [4.69, 9.17) is 14.2 Å². The highest BCUT2D eigenvalue weighted by Gasteiger charge is 2.12. The van der Waals surface area contributed by atoms with Crippen LogP contribution < -0.4 is 19.5 Å². The van der Waals surface area contributed by atoms with Gasteiger partial charge in [0, 0.05) is 40.6 Å². The Hall–Kier alpha value is -4.45. The molecule has 0 atom stereocenters. The number of ether oxygens (including phenoxy) is 3. The van der Waals surface area contributed by atoms with Gasteiger partial charge in [0.15, 0.2) is 17.3 Å². The molecule has 6 heteroatoms. The van der Waals surface area contributed by atoms with Crippen LogP contribution in [0.1, 0.15) is 21.5 Å². The predicted octanol–water partition coefficient (Wildman–Crippen LogP) is 6.17. The maximum atomic E-state index is 12.6. The summed E-state index contributed by atoms with van der Waals surface area (Å²) in [5.74, 6) is 1.69. The van der Waals surface area contributed by atoms with Crippen molar-refractivity contribution in [3.63, 3.8) is 0 Å². The summed E-state index contributed by atoms with van der Waals surface area (Å²) in [7, 11) is 4.77. The third-order valence-electron chi connectivity index (χ3n) is 5.38. The second-order valence-corrected chi connectivity index (χ2v) is 7.51. The van der Waals surface area contributed by atoms with Gasteiger partial charge in [-0.2, -0.15) is 0 Å². The lowest BCUT2D eigenvalue weighted by atomic mass is 10.1. The van der Waals surface area contributed by atoms with Gasteiger partial charge in [0.1, 0.15) is 0 Å². The van der Waals surface area contributed by atoms with Gasteiger partial charge in [0.05, 0.1) is 21.3 Å². The summed E-state index contributed by atoms with van der Waals surface area (Å²) in [5, 5.41) is 4.09. The number of methoxy groups -OCH3 is 3. The molecule has 0 aliphatic carbocycles. The van der Waals surface area contributed by atoms with Crippen LogP contribution in [0.4, 0.5) is 5.69 Å². The first-order chi connectivity index (χ1) is 16.6. The van der Waals surface area contributed by atoms with Crippen molar-refractivity contribution in [2.75, 3.05) is 26.6 Å². The van der Waals surface area contributed by atoms with Crippen molar-refractivity contribution in [2.45, 2.75) is 0 Å². The van der Waals surface area contributed by atoms with Gasteiger partial charge in [0.25, 0.3) is 0 Å². The molecule has 0 saturated heterocycles. The second kappa shape index (κ2) is 10.4. The molecule has 34 heavy (non-hydrogen) atoms. The molecule has 0 radical (unpaired) electrons. The summed E-state index contributed by atoms with van der Waals surface area (Å²) in [4.78, 5) is 15.7. The first kappa shape index (κ1) is 22.7. The van der Waals surface area contributed by atoms with Crippen molar-refractivity contribution >= 4 is 34.5 Å². The van der Waals surface area contributed by atoms with Crippen molar-refractivity contribution in [2.24, 2.45) is 0 Å². The van der Waals surface area contributed by atoms with Gasteiger partial charge in [-0.05, 0) is 41.5 Å². The largest absolute Gasteiger partial charge is 0.493 e. The Balaban J connectivity index is 1.46. The quantitative estimate of drug-likeness (QED) is 0.180. The van der Waals surface area contributed by atoms with E-state index in [1.165, 1.54) is 6.08 Å². The number of anilines is 1. The first-order valence-electron chi connectivity index (χ1n) is 10.7. The van der Waals surface area contributed by atoms with Crippen LogP contribution in [0.25, 0.3) is 23.1 Å². The predicted molar refractivity (Wildman–Crippen MR) is 137 cm³/mol. The molecule has 0 aliphatic heterocycles. The molecule has 0 saturated carbocycles. The zero-order valence-electron chi connectivity index (χ0n) is 19.3. The summed E-state index contributed by atoms with van der Waals surface area (Å²) >= 11 is 0. The highest BCUT2D eigenvalue weighted by molar-refractivity contribution is 6.13. The number of benzene rings is 3. The fraction of sp³-hybridized carbons (Fsp3) is 0.107. The van der Waals surface area contributed by atoms with Crippen LogP contribution in [0.2, 0.25) is 0 Å². The van der Waals surface area contributed by atoms with Crippen molar-refractivity contribution in [3.05, 3.63) is 95.8 Å². The maximum absolute atomic E-state index is 12.6. The minimum absolute atomic E-state index is 0.0663. The molecule has 1 aromatic heterocycles. The van der Waals surface area contributed by atoms with Crippen LogP contribution in [0.15, 0.2) is 79.1 Å². The van der Waals surface area contributed by atoms with Crippen LogP contribution in [-0.2, 0) is 0 Å². The Morgan fingerprint density at radius 3 is 2.32 bits per heavy atom. The minimum Gasteiger partial charge on any atom is -0.493 e. The van der Waals surface area contributed by atoms with Crippen molar-refractivity contribution in [3.8, 4) is 17.2 Å². The lowest BCUT2D eigenvalue weighted by Crippen LogP contribution is -1.95. The number of fused-ring (bicyclic) bond motifs is 1. The molecule has 4 rings (SSSR count). The highest BCUT2D eigenvalue weighted by Crippen LogP contribution is 2.38. The van der Waals surface area contributed by atoms with Crippen LogP contribution in [0.3, 0.4) is 0 Å². The van der Waals surface area contributed by atoms with Crippen molar-refractivity contribution in [1.82, 2.24) is 4.98 Å². The molecular formula is C28H26N2O4. The molecule has 0 fully saturated rings. The molecule has 2 N–H and O–H groups in total.